The van der Waals surface area contributed by atoms with E-state index in [4.69, 9.17) is 0 Å². The van der Waals surface area contributed by atoms with E-state index in [0.29, 0.717) is 5.82 Å². The predicted molar refractivity (Wildman–Crippen MR) is 40.3 cm³/mol. The summed E-state index contributed by atoms with van der Waals surface area (Å²) in [5, 5.41) is 6.88. The number of aromatic nitrogens is 3. The molecule has 0 bridgehead atoms. The van der Waals surface area contributed by atoms with Crippen molar-refractivity contribution in [3.63, 3.8) is 0 Å². The summed E-state index contributed by atoms with van der Waals surface area (Å²) in [5.74, 6) is 1.53. The van der Waals surface area contributed by atoms with Gasteiger partial charge in [0.05, 0.1) is 6.20 Å². The van der Waals surface area contributed by atoms with Crippen LogP contribution in [-0.2, 0) is 0 Å². The minimum absolute atomic E-state index is 0.676. The van der Waals surface area contributed by atoms with Crippen LogP contribution in [0.4, 0.5) is 0 Å². The maximum atomic E-state index is 4.58. The standard InChI is InChI=1S/C4H5NO.C3H4N2O/c1-4-2-3-5-6-4;1-3-4-2-6-5-3/h2-3H,1H3;2H,1H3. The highest BCUT2D eigenvalue weighted by Gasteiger charge is 1.79. The largest absolute Gasteiger partial charge is 0.362 e. The van der Waals surface area contributed by atoms with Crippen molar-refractivity contribution in [1.82, 2.24) is 15.3 Å². The van der Waals surface area contributed by atoms with Crippen LogP contribution in [0.1, 0.15) is 11.6 Å². The fraction of sp³-hybridized carbons (Fsp3) is 0.286. The highest BCUT2D eigenvalue weighted by molar-refractivity contribution is 4.87. The van der Waals surface area contributed by atoms with Gasteiger partial charge in [0.1, 0.15) is 5.76 Å². The Labute approximate surface area is 69.4 Å². The van der Waals surface area contributed by atoms with Crippen LogP contribution in [0.5, 0.6) is 0 Å². The monoisotopic (exact) mass is 167 g/mol. The van der Waals surface area contributed by atoms with Crippen molar-refractivity contribution in [2.75, 3.05) is 0 Å². The summed E-state index contributed by atoms with van der Waals surface area (Å²) in [6.45, 7) is 3.62. The van der Waals surface area contributed by atoms with E-state index in [0.717, 1.165) is 5.76 Å². The lowest BCUT2D eigenvalue weighted by molar-refractivity contribution is 0.397. The number of rotatable bonds is 0. The Balaban J connectivity index is 0.000000120. The molecule has 0 saturated heterocycles. The minimum atomic E-state index is 0.676. The lowest BCUT2D eigenvalue weighted by Crippen LogP contribution is -1.66. The van der Waals surface area contributed by atoms with Gasteiger partial charge in [0.25, 0.3) is 0 Å². The molecule has 0 aliphatic rings. The molecule has 12 heavy (non-hydrogen) atoms. The van der Waals surface area contributed by atoms with E-state index in [1.807, 2.05) is 6.92 Å². The number of hydrogen-bond donors (Lipinski definition) is 0. The number of aryl methyl sites for hydroxylation is 2. The van der Waals surface area contributed by atoms with Crippen LogP contribution in [0.15, 0.2) is 27.7 Å². The molecular formula is C7H9N3O2. The van der Waals surface area contributed by atoms with Crippen LogP contribution in [0.3, 0.4) is 0 Å². The molecular weight excluding hydrogens is 158 g/mol. The predicted octanol–water partition coefficient (Wildman–Crippen LogP) is 1.36. The number of nitrogens with zero attached hydrogens (tertiary/aromatic N) is 3. The van der Waals surface area contributed by atoms with E-state index in [-0.39, 0.29) is 0 Å². The average molecular weight is 167 g/mol. The summed E-state index contributed by atoms with van der Waals surface area (Å²) in [5.41, 5.74) is 0. The molecule has 2 aromatic rings. The Hall–Kier alpha value is -1.65. The van der Waals surface area contributed by atoms with E-state index in [2.05, 4.69) is 24.3 Å². The molecule has 0 aliphatic heterocycles. The third kappa shape index (κ3) is 2.96. The van der Waals surface area contributed by atoms with Gasteiger partial charge in [0.15, 0.2) is 5.82 Å². The first-order valence-corrected chi connectivity index (χ1v) is 3.39. The van der Waals surface area contributed by atoms with Crippen LogP contribution in [0.2, 0.25) is 0 Å². The molecule has 2 rings (SSSR count). The third-order valence-electron chi connectivity index (χ3n) is 1.04. The highest BCUT2D eigenvalue weighted by atomic mass is 16.5. The van der Waals surface area contributed by atoms with Crippen molar-refractivity contribution in [2.45, 2.75) is 13.8 Å². The maximum Gasteiger partial charge on any atom is 0.213 e. The summed E-state index contributed by atoms with van der Waals surface area (Å²) in [6, 6.07) is 1.81. The van der Waals surface area contributed by atoms with E-state index in [1.165, 1.54) is 6.39 Å². The maximum absolute atomic E-state index is 4.58. The first kappa shape index (κ1) is 8.45. The average Bonchev–Trinajstić information content (AvgIpc) is 2.63. The van der Waals surface area contributed by atoms with Crippen LogP contribution >= 0.6 is 0 Å². The lowest BCUT2D eigenvalue weighted by atomic mass is 10.5. The molecule has 0 unspecified atom stereocenters. The van der Waals surface area contributed by atoms with E-state index in [1.54, 1.807) is 19.2 Å². The summed E-state index contributed by atoms with van der Waals surface area (Å²) in [7, 11) is 0. The normalized spacial score (nSPS) is 8.83. The zero-order valence-electron chi connectivity index (χ0n) is 6.89. The van der Waals surface area contributed by atoms with Crippen molar-refractivity contribution in [2.24, 2.45) is 0 Å². The van der Waals surface area contributed by atoms with E-state index in [9.17, 15) is 0 Å². The molecule has 5 nitrogen and oxygen atoms in total. The van der Waals surface area contributed by atoms with Gasteiger partial charge < -0.3 is 9.05 Å². The smallest absolute Gasteiger partial charge is 0.213 e. The second kappa shape index (κ2) is 4.27. The van der Waals surface area contributed by atoms with Gasteiger partial charge in [0.2, 0.25) is 6.39 Å². The third-order valence-corrected chi connectivity index (χ3v) is 1.04. The molecule has 0 N–H and O–H groups in total. The Morgan fingerprint density at radius 3 is 2.33 bits per heavy atom. The van der Waals surface area contributed by atoms with E-state index < -0.39 is 0 Å². The van der Waals surface area contributed by atoms with Gasteiger partial charge in [-0.2, -0.15) is 4.98 Å². The minimum Gasteiger partial charge on any atom is -0.362 e. The zero-order valence-corrected chi connectivity index (χ0v) is 6.89. The highest BCUT2D eigenvalue weighted by Crippen LogP contribution is 1.88. The zero-order chi connectivity index (χ0) is 8.81. The molecule has 0 saturated carbocycles. The Bertz CT molecular complexity index is 256. The van der Waals surface area contributed by atoms with Crippen LogP contribution in [0, 0.1) is 13.8 Å². The molecule has 2 heterocycles. The topological polar surface area (TPSA) is 65.0 Å². The molecule has 0 aliphatic carbocycles. The van der Waals surface area contributed by atoms with Crippen molar-refractivity contribution in [1.29, 1.82) is 0 Å². The van der Waals surface area contributed by atoms with Gasteiger partial charge in [-0.25, -0.2) is 0 Å². The molecule has 64 valence electrons. The fourth-order valence-corrected chi connectivity index (χ4v) is 0.503. The molecule has 0 spiro atoms. The second-order valence-corrected chi connectivity index (χ2v) is 2.10. The van der Waals surface area contributed by atoms with Gasteiger partial charge in [-0.15, -0.1) is 0 Å². The van der Waals surface area contributed by atoms with Gasteiger partial charge in [-0.05, 0) is 13.8 Å². The fourth-order valence-electron chi connectivity index (χ4n) is 0.503. The van der Waals surface area contributed by atoms with Gasteiger partial charge in [0, 0.05) is 6.07 Å². The van der Waals surface area contributed by atoms with Gasteiger partial charge in [-0.3, -0.25) is 0 Å². The number of hydrogen-bond acceptors (Lipinski definition) is 5. The summed E-state index contributed by atoms with van der Waals surface area (Å²) < 4.78 is 8.94. The van der Waals surface area contributed by atoms with Crippen molar-refractivity contribution in [3.05, 3.63) is 30.2 Å². The van der Waals surface area contributed by atoms with Crippen molar-refractivity contribution < 1.29 is 9.05 Å². The van der Waals surface area contributed by atoms with Crippen molar-refractivity contribution >= 4 is 0 Å². The van der Waals surface area contributed by atoms with Gasteiger partial charge in [-0.1, -0.05) is 10.3 Å². The molecule has 0 atom stereocenters. The second-order valence-electron chi connectivity index (χ2n) is 2.10. The van der Waals surface area contributed by atoms with Crippen LogP contribution in [0.25, 0.3) is 0 Å². The first-order chi connectivity index (χ1) is 5.79. The van der Waals surface area contributed by atoms with Crippen LogP contribution in [-0.4, -0.2) is 15.3 Å². The first-order valence-electron chi connectivity index (χ1n) is 3.39. The molecule has 0 radical (unpaired) electrons. The lowest BCUT2D eigenvalue weighted by Gasteiger charge is -1.65. The Kier molecular flexibility index (Phi) is 3.01. The van der Waals surface area contributed by atoms with Crippen molar-refractivity contribution in [3.8, 4) is 0 Å². The molecule has 0 aromatic carbocycles. The molecule has 0 amide bonds. The quantitative estimate of drug-likeness (QED) is 0.592. The molecule has 0 fully saturated rings. The Morgan fingerprint density at radius 2 is 2.17 bits per heavy atom. The summed E-state index contributed by atoms with van der Waals surface area (Å²) in [4.78, 5) is 3.64. The van der Waals surface area contributed by atoms with Crippen LogP contribution < -0.4 is 0 Å². The summed E-state index contributed by atoms with van der Waals surface area (Å²) in [6.07, 6.45) is 2.92. The molecule has 5 heteroatoms. The van der Waals surface area contributed by atoms with Gasteiger partial charge >= 0.3 is 0 Å². The van der Waals surface area contributed by atoms with E-state index >= 15 is 0 Å². The SMILES string of the molecule is Cc1ccno1.Cc1ncon1. The Morgan fingerprint density at radius 1 is 1.33 bits per heavy atom. The summed E-state index contributed by atoms with van der Waals surface area (Å²) >= 11 is 0. The molecule has 2 aromatic heterocycles.